The number of carbonyl (C=O) groups is 2. The van der Waals surface area contributed by atoms with Crippen molar-refractivity contribution in [1.29, 1.82) is 0 Å². The molecule has 21 heavy (non-hydrogen) atoms. The van der Waals surface area contributed by atoms with Crippen LogP contribution in [0.2, 0.25) is 0 Å². The Kier molecular flexibility index (Phi) is 3.69. The van der Waals surface area contributed by atoms with Crippen LogP contribution in [0.1, 0.15) is 44.7 Å². The molecule has 1 saturated heterocycles. The fourth-order valence-corrected chi connectivity index (χ4v) is 3.41. The minimum Gasteiger partial charge on any atom is -0.370 e. The molecule has 1 unspecified atom stereocenters. The van der Waals surface area contributed by atoms with Gasteiger partial charge in [0.15, 0.2) is 0 Å². The largest absolute Gasteiger partial charge is 0.370 e. The minimum atomic E-state index is -0.437. The molecule has 1 N–H and O–H groups in total. The molecule has 2 heterocycles. The lowest BCUT2D eigenvalue weighted by Crippen LogP contribution is -2.41. The third kappa shape index (κ3) is 2.54. The van der Waals surface area contributed by atoms with E-state index in [9.17, 15) is 9.59 Å². The number of nitrogens with one attached hydrogen (secondary N) is 1. The molecular formula is C15H22N4O2. The van der Waals surface area contributed by atoms with E-state index in [2.05, 4.69) is 10.4 Å². The molecule has 6 heteroatoms. The first-order valence-corrected chi connectivity index (χ1v) is 7.75. The maximum Gasteiger partial charge on any atom is 0.252 e. The molecule has 1 aliphatic carbocycles. The number of aromatic nitrogens is 2. The molecule has 0 bridgehead atoms. The van der Waals surface area contributed by atoms with E-state index in [1.807, 2.05) is 20.2 Å². The Balaban J connectivity index is 1.74. The Morgan fingerprint density at radius 3 is 2.71 bits per heavy atom. The van der Waals surface area contributed by atoms with Crippen molar-refractivity contribution in [1.82, 2.24) is 14.7 Å². The van der Waals surface area contributed by atoms with Crippen molar-refractivity contribution in [2.45, 2.75) is 57.5 Å². The zero-order chi connectivity index (χ0) is 15.0. The zero-order valence-electron chi connectivity index (χ0n) is 12.6. The summed E-state index contributed by atoms with van der Waals surface area (Å²) in [4.78, 5) is 26.2. The molecular weight excluding hydrogens is 268 g/mol. The number of likely N-dealkylation sites (tertiary alicyclic amines) is 1. The van der Waals surface area contributed by atoms with Crippen molar-refractivity contribution in [3.05, 3.63) is 11.9 Å². The molecule has 0 aromatic carbocycles. The summed E-state index contributed by atoms with van der Waals surface area (Å²) in [6, 6.07) is -0.316. The van der Waals surface area contributed by atoms with Gasteiger partial charge in [-0.25, -0.2) is 0 Å². The van der Waals surface area contributed by atoms with E-state index in [0.717, 1.165) is 43.5 Å². The molecule has 2 fully saturated rings. The van der Waals surface area contributed by atoms with Crippen LogP contribution in [0.25, 0.3) is 0 Å². The highest BCUT2D eigenvalue weighted by Crippen LogP contribution is 2.29. The van der Waals surface area contributed by atoms with E-state index in [4.69, 9.17) is 0 Å². The van der Waals surface area contributed by atoms with E-state index >= 15 is 0 Å². The Morgan fingerprint density at radius 2 is 2.05 bits per heavy atom. The predicted molar refractivity (Wildman–Crippen MR) is 78.7 cm³/mol. The number of amides is 2. The number of anilines is 1. The van der Waals surface area contributed by atoms with Crippen molar-refractivity contribution in [2.75, 3.05) is 5.32 Å². The normalized spacial score (nSPS) is 23.3. The van der Waals surface area contributed by atoms with E-state index in [0.29, 0.717) is 0 Å². The molecule has 2 amide bonds. The predicted octanol–water partition coefficient (Wildman–Crippen LogP) is 1.46. The Labute approximate surface area is 124 Å². The number of aryl methyl sites for hydroxylation is 2. The monoisotopic (exact) mass is 290 g/mol. The average Bonchev–Trinajstić information content (AvgIpc) is 3.12. The molecule has 0 spiro atoms. The summed E-state index contributed by atoms with van der Waals surface area (Å²) < 4.78 is 1.73. The van der Waals surface area contributed by atoms with Gasteiger partial charge in [-0.05, 0) is 19.3 Å². The molecule has 114 valence electrons. The van der Waals surface area contributed by atoms with Crippen LogP contribution in [0, 0.1) is 0 Å². The minimum absolute atomic E-state index is 0.0358. The lowest BCUT2D eigenvalue weighted by atomic mass is 10.2. The number of rotatable bonds is 4. The first kappa shape index (κ1) is 14.1. The zero-order valence-corrected chi connectivity index (χ0v) is 12.6. The lowest BCUT2D eigenvalue weighted by molar-refractivity contribution is -0.141. The average molecular weight is 290 g/mol. The van der Waals surface area contributed by atoms with E-state index in [1.165, 1.54) is 4.90 Å². The summed E-state index contributed by atoms with van der Waals surface area (Å²) in [5.41, 5.74) is 1.79. The Bertz CT molecular complexity index is 560. The van der Waals surface area contributed by atoms with Gasteiger partial charge < -0.3 is 5.32 Å². The number of hydrogen-bond donors (Lipinski definition) is 1. The summed E-state index contributed by atoms with van der Waals surface area (Å²) >= 11 is 0. The van der Waals surface area contributed by atoms with Gasteiger partial charge in [-0.2, -0.15) is 5.10 Å². The van der Waals surface area contributed by atoms with E-state index < -0.39 is 6.04 Å². The second-order valence-electron chi connectivity index (χ2n) is 5.96. The molecule has 6 nitrogen and oxygen atoms in total. The second-order valence-corrected chi connectivity index (χ2v) is 5.96. The smallest absolute Gasteiger partial charge is 0.252 e. The Hall–Kier alpha value is -1.85. The van der Waals surface area contributed by atoms with Crippen LogP contribution in [-0.2, 0) is 23.1 Å². The van der Waals surface area contributed by atoms with Crippen LogP contribution >= 0.6 is 0 Å². The molecule has 1 aromatic rings. The van der Waals surface area contributed by atoms with Crippen LogP contribution in [0.15, 0.2) is 6.20 Å². The highest BCUT2D eigenvalue weighted by molar-refractivity contribution is 6.07. The SMILES string of the molecule is CCc1nn(C)cc1NC1CC(=O)N(C2CCCC2)C1=O. The van der Waals surface area contributed by atoms with Gasteiger partial charge in [0.2, 0.25) is 5.91 Å². The summed E-state index contributed by atoms with van der Waals surface area (Å²) in [5.74, 6) is -0.107. The first-order valence-electron chi connectivity index (χ1n) is 7.75. The fraction of sp³-hybridized carbons (Fsp3) is 0.667. The van der Waals surface area contributed by atoms with Crippen LogP contribution in [0.4, 0.5) is 5.69 Å². The highest BCUT2D eigenvalue weighted by atomic mass is 16.2. The summed E-state index contributed by atoms with van der Waals surface area (Å²) in [5, 5.41) is 7.58. The van der Waals surface area contributed by atoms with E-state index in [1.54, 1.807) is 4.68 Å². The van der Waals surface area contributed by atoms with Crippen molar-refractivity contribution in [3.8, 4) is 0 Å². The van der Waals surface area contributed by atoms with Crippen LogP contribution in [0.5, 0.6) is 0 Å². The third-order valence-corrected chi connectivity index (χ3v) is 4.44. The van der Waals surface area contributed by atoms with Gasteiger partial charge >= 0.3 is 0 Å². The fourth-order valence-electron chi connectivity index (χ4n) is 3.41. The maximum atomic E-state index is 12.5. The quantitative estimate of drug-likeness (QED) is 0.853. The van der Waals surface area contributed by atoms with Gasteiger partial charge in [0.1, 0.15) is 6.04 Å². The van der Waals surface area contributed by atoms with Crippen molar-refractivity contribution in [3.63, 3.8) is 0 Å². The second kappa shape index (κ2) is 5.50. The summed E-state index contributed by atoms with van der Waals surface area (Å²) in [6.07, 6.45) is 7.06. The van der Waals surface area contributed by atoms with E-state index in [-0.39, 0.29) is 24.3 Å². The maximum absolute atomic E-state index is 12.5. The van der Waals surface area contributed by atoms with Crippen LogP contribution in [0.3, 0.4) is 0 Å². The van der Waals surface area contributed by atoms with Gasteiger partial charge in [0, 0.05) is 19.3 Å². The summed E-state index contributed by atoms with van der Waals surface area (Å²) in [6.45, 7) is 2.03. The number of nitrogens with zero attached hydrogens (tertiary/aromatic N) is 3. The standard InChI is InChI=1S/C15H22N4O2/c1-3-11-13(9-18(2)17-11)16-12-8-14(20)19(15(12)21)10-6-4-5-7-10/h9-10,12,16H,3-8H2,1-2H3. The van der Waals surface area contributed by atoms with Crippen molar-refractivity contribution >= 4 is 17.5 Å². The molecule has 1 saturated carbocycles. The summed E-state index contributed by atoms with van der Waals surface area (Å²) in [7, 11) is 1.86. The molecule has 3 rings (SSSR count). The van der Waals surface area contributed by atoms with Crippen LogP contribution < -0.4 is 5.32 Å². The van der Waals surface area contributed by atoms with Crippen molar-refractivity contribution in [2.24, 2.45) is 7.05 Å². The highest BCUT2D eigenvalue weighted by Gasteiger charge is 2.43. The van der Waals surface area contributed by atoms with Crippen molar-refractivity contribution < 1.29 is 9.59 Å². The number of hydrogen-bond acceptors (Lipinski definition) is 4. The lowest BCUT2D eigenvalue weighted by Gasteiger charge is -2.22. The van der Waals surface area contributed by atoms with Gasteiger partial charge in [-0.3, -0.25) is 19.2 Å². The van der Waals surface area contributed by atoms with Gasteiger partial charge in [-0.15, -0.1) is 0 Å². The Morgan fingerprint density at radius 1 is 1.33 bits per heavy atom. The molecule has 1 aliphatic heterocycles. The number of imide groups is 1. The third-order valence-electron chi connectivity index (χ3n) is 4.44. The number of carbonyl (C=O) groups excluding carboxylic acids is 2. The van der Waals surface area contributed by atoms with Gasteiger partial charge in [0.05, 0.1) is 17.8 Å². The topological polar surface area (TPSA) is 67.2 Å². The van der Waals surface area contributed by atoms with Gasteiger partial charge in [0.25, 0.3) is 5.91 Å². The molecule has 1 aromatic heterocycles. The molecule has 2 aliphatic rings. The molecule has 0 radical (unpaired) electrons. The molecule has 1 atom stereocenters. The van der Waals surface area contributed by atoms with Gasteiger partial charge in [-0.1, -0.05) is 19.8 Å². The first-order chi connectivity index (χ1) is 10.1. The van der Waals surface area contributed by atoms with Crippen LogP contribution in [-0.4, -0.2) is 38.6 Å².